The van der Waals surface area contributed by atoms with E-state index in [0.29, 0.717) is 12.0 Å². The highest BCUT2D eigenvalue weighted by atomic mass is 32.1. The van der Waals surface area contributed by atoms with Crippen LogP contribution in [0.3, 0.4) is 0 Å². The molecule has 2 atom stereocenters. The van der Waals surface area contributed by atoms with Crippen LogP contribution in [0.4, 0.5) is 0 Å². The lowest BCUT2D eigenvalue weighted by molar-refractivity contribution is 0.258. The van der Waals surface area contributed by atoms with E-state index in [4.69, 9.17) is 5.11 Å². The van der Waals surface area contributed by atoms with Crippen molar-refractivity contribution >= 4 is 21.4 Å². The topological polar surface area (TPSA) is 32.3 Å². The van der Waals surface area contributed by atoms with Gasteiger partial charge in [0.2, 0.25) is 0 Å². The van der Waals surface area contributed by atoms with Crippen LogP contribution < -0.4 is 5.32 Å². The monoisotopic (exact) mass is 277 g/mol. The second kappa shape index (κ2) is 6.51. The molecule has 0 saturated heterocycles. The van der Waals surface area contributed by atoms with E-state index in [0.717, 1.165) is 13.0 Å². The summed E-state index contributed by atoms with van der Waals surface area (Å²) in [5.74, 6) is 0.516. The molecular weight excluding hydrogens is 254 g/mol. The van der Waals surface area contributed by atoms with Crippen molar-refractivity contribution in [3.05, 3.63) is 34.7 Å². The Morgan fingerprint density at radius 3 is 2.68 bits per heavy atom. The van der Waals surface area contributed by atoms with Crippen LogP contribution in [-0.4, -0.2) is 18.3 Å². The molecule has 2 nitrogen and oxygen atoms in total. The van der Waals surface area contributed by atoms with Gasteiger partial charge in [-0.1, -0.05) is 25.1 Å². The number of aliphatic hydroxyl groups is 1. The second-order valence-corrected chi connectivity index (χ2v) is 6.42. The molecule has 2 aromatic rings. The quantitative estimate of drug-likeness (QED) is 0.840. The van der Waals surface area contributed by atoms with Gasteiger partial charge >= 0.3 is 0 Å². The highest BCUT2D eigenvalue weighted by Crippen LogP contribution is 2.34. The van der Waals surface area contributed by atoms with Gasteiger partial charge in [0.05, 0.1) is 0 Å². The molecule has 2 unspecified atom stereocenters. The Hall–Kier alpha value is -0.900. The third-order valence-electron chi connectivity index (χ3n) is 3.67. The number of nitrogens with one attached hydrogen (secondary N) is 1. The molecule has 1 heterocycles. The van der Waals surface area contributed by atoms with Crippen LogP contribution in [0.15, 0.2) is 24.3 Å². The zero-order chi connectivity index (χ0) is 13.8. The lowest BCUT2D eigenvalue weighted by Crippen LogP contribution is -2.24. The van der Waals surface area contributed by atoms with Gasteiger partial charge in [-0.15, -0.1) is 11.3 Å². The molecule has 0 aliphatic heterocycles. The van der Waals surface area contributed by atoms with Gasteiger partial charge in [-0.3, -0.25) is 0 Å². The van der Waals surface area contributed by atoms with E-state index in [1.165, 1.54) is 20.5 Å². The summed E-state index contributed by atoms with van der Waals surface area (Å²) in [4.78, 5) is 1.43. The van der Waals surface area contributed by atoms with Crippen molar-refractivity contribution < 1.29 is 5.11 Å². The molecule has 0 radical (unpaired) electrons. The Kier molecular flexibility index (Phi) is 4.97. The molecule has 0 spiro atoms. The van der Waals surface area contributed by atoms with E-state index in [2.05, 4.69) is 50.4 Å². The first kappa shape index (κ1) is 14.5. The summed E-state index contributed by atoms with van der Waals surface area (Å²) in [5.41, 5.74) is 1.40. The molecule has 0 aliphatic carbocycles. The predicted octanol–water partition coefficient (Wildman–Crippen LogP) is 3.88. The number of aryl methyl sites for hydroxylation is 1. The van der Waals surface area contributed by atoms with Gasteiger partial charge in [0.1, 0.15) is 0 Å². The molecule has 0 saturated carbocycles. The van der Waals surface area contributed by atoms with Crippen LogP contribution in [0.25, 0.3) is 10.1 Å². The Labute approximate surface area is 119 Å². The minimum Gasteiger partial charge on any atom is -0.396 e. The second-order valence-electron chi connectivity index (χ2n) is 5.33. The fourth-order valence-corrected chi connectivity index (χ4v) is 3.64. The van der Waals surface area contributed by atoms with Crippen molar-refractivity contribution in [2.45, 2.75) is 33.2 Å². The normalized spacial score (nSPS) is 14.7. The molecule has 19 heavy (non-hydrogen) atoms. The summed E-state index contributed by atoms with van der Waals surface area (Å²) in [7, 11) is 0. The summed E-state index contributed by atoms with van der Waals surface area (Å²) < 4.78 is 1.37. The third-order valence-corrected chi connectivity index (χ3v) is 5.12. The summed E-state index contributed by atoms with van der Waals surface area (Å²) in [6.07, 6.45) is 0.866. The number of fused-ring (bicyclic) bond motifs is 1. The van der Waals surface area contributed by atoms with Crippen molar-refractivity contribution in [1.29, 1.82) is 0 Å². The van der Waals surface area contributed by atoms with Gasteiger partial charge in [0, 0.05) is 22.2 Å². The highest BCUT2D eigenvalue weighted by molar-refractivity contribution is 7.19. The van der Waals surface area contributed by atoms with E-state index in [1.807, 2.05) is 11.3 Å². The smallest absolute Gasteiger partial charge is 0.0434 e. The number of hydrogen-bond donors (Lipinski definition) is 2. The molecule has 104 valence electrons. The first-order valence-electron chi connectivity index (χ1n) is 6.95. The van der Waals surface area contributed by atoms with Crippen LogP contribution in [0, 0.1) is 12.8 Å². The largest absolute Gasteiger partial charge is 0.396 e. The first-order chi connectivity index (χ1) is 9.13. The maximum absolute atomic E-state index is 8.93. The Morgan fingerprint density at radius 1 is 1.26 bits per heavy atom. The van der Waals surface area contributed by atoms with Crippen LogP contribution in [0.2, 0.25) is 0 Å². The van der Waals surface area contributed by atoms with E-state index >= 15 is 0 Å². The molecule has 1 aromatic carbocycles. The Balaban J connectivity index is 2.09. The van der Waals surface area contributed by atoms with Crippen LogP contribution in [0.1, 0.15) is 36.8 Å². The molecule has 0 amide bonds. The van der Waals surface area contributed by atoms with Crippen LogP contribution in [0.5, 0.6) is 0 Å². The van der Waals surface area contributed by atoms with Crippen molar-refractivity contribution in [2.75, 3.05) is 13.2 Å². The van der Waals surface area contributed by atoms with Gasteiger partial charge in [0.25, 0.3) is 0 Å². The van der Waals surface area contributed by atoms with Gasteiger partial charge in [-0.25, -0.2) is 0 Å². The summed E-state index contributed by atoms with van der Waals surface area (Å²) >= 11 is 1.89. The average molecular weight is 277 g/mol. The number of rotatable bonds is 6. The zero-order valence-electron chi connectivity index (χ0n) is 11.9. The molecular formula is C16H23NOS. The fraction of sp³-hybridized carbons (Fsp3) is 0.500. The molecule has 1 aromatic heterocycles. The lowest BCUT2D eigenvalue weighted by Gasteiger charge is -2.17. The van der Waals surface area contributed by atoms with E-state index in [-0.39, 0.29) is 6.61 Å². The van der Waals surface area contributed by atoms with Crippen molar-refractivity contribution in [3.63, 3.8) is 0 Å². The average Bonchev–Trinajstić information content (AvgIpc) is 2.74. The van der Waals surface area contributed by atoms with E-state index < -0.39 is 0 Å². The minimum absolute atomic E-state index is 0.277. The highest BCUT2D eigenvalue weighted by Gasteiger charge is 2.14. The molecule has 3 heteroatoms. The minimum atomic E-state index is 0.277. The Bertz CT molecular complexity index is 535. The zero-order valence-corrected chi connectivity index (χ0v) is 12.8. The maximum Gasteiger partial charge on any atom is 0.0434 e. The number of thiophene rings is 1. The number of aliphatic hydroxyl groups excluding tert-OH is 1. The van der Waals surface area contributed by atoms with Gasteiger partial charge in [-0.05, 0) is 49.7 Å². The van der Waals surface area contributed by atoms with Crippen LogP contribution >= 0.6 is 11.3 Å². The third kappa shape index (κ3) is 3.35. The van der Waals surface area contributed by atoms with Crippen molar-refractivity contribution in [3.8, 4) is 0 Å². The molecule has 0 aliphatic rings. The number of benzene rings is 1. The summed E-state index contributed by atoms with van der Waals surface area (Å²) in [5, 5.41) is 13.9. The fourth-order valence-electron chi connectivity index (χ4n) is 2.40. The SMILES string of the molecule is Cc1c(C(C)NCC(C)CCO)sc2ccccc12. The van der Waals surface area contributed by atoms with Gasteiger partial charge in [0.15, 0.2) is 0 Å². The molecule has 0 fully saturated rings. The molecule has 2 rings (SSSR count). The first-order valence-corrected chi connectivity index (χ1v) is 7.77. The summed E-state index contributed by atoms with van der Waals surface area (Å²) in [6, 6.07) is 8.97. The van der Waals surface area contributed by atoms with E-state index in [9.17, 15) is 0 Å². The number of hydrogen-bond acceptors (Lipinski definition) is 3. The van der Waals surface area contributed by atoms with Gasteiger partial charge < -0.3 is 10.4 Å². The Morgan fingerprint density at radius 2 is 2.00 bits per heavy atom. The standard InChI is InChI=1S/C16H23NOS/c1-11(8-9-18)10-17-13(3)16-12(2)14-6-4-5-7-15(14)19-16/h4-7,11,13,17-18H,8-10H2,1-3H3. The van der Waals surface area contributed by atoms with E-state index in [1.54, 1.807) is 0 Å². The van der Waals surface area contributed by atoms with Crippen molar-refractivity contribution in [2.24, 2.45) is 5.92 Å². The van der Waals surface area contributed by atoms with Crippen molar-refractivity contribution in [1.82, 2.24) is 5.32 Å². The maximum atomic E-state index is 8.93. The lowest BCUT2D eigenvalue weighted by atomic mass is 10.1. The summed E-state index contributed by atoms with van der Waals surface area (Å²) in [6.45, 7) is 7.84. The molecule has 2 N–H and O–H groups in total. The van der Waals surface area contributed by atoms with Crippen LogP contribution in [-0.2, 0) is 0 Å². The molecule has 0 bridgehead atoms. The van der Waals surface area contributed by atoms with Gasteiger partial charge in [-0.2, -0.15) is 0 Å². The predicted molar refractivity (Wildman–Crippen MR) is 83.8 cm³/mol.